The van der Waals surface area contributed by atoms with Crippen molar-refractivity contribution in [1.82, 2.24) is 39.4 Å². The van der Waals surface area contributed by atoms with Gasteiger partial charge in [0.25, 0.3) is 0 Å². The lowest BCUT2D eigenvalue weighted by molar-refractivity contribution is 0.610. The summed E-state index contributed by atoms with van der Waals surface area (Å²) in [6.07, 6.45) is 17.1. The van der Waals surface area contributed by atoms with Gasteiger partial charge in [-0.15, -0.1) is 0 Å². The van der Waals surface area contributed by atoms with Crippen molar-refractivity contribution in [3.63, 3.8) is 0 Å². The molecule has 4 aromatic heterocycles. The Hall–Kier alpha value is -4.14. The van der Waals surface area contributed by atoms with E-state index in [0.29, 0.717) is 0 Å². The van der Waals surface area contributed by atoms with Crippen molar-refractivity contribution in [2.24, 2.45) is 0 Å². The van der Waals surface area contributed by atoms with Gasteiger partial charge >= 0.3 is 0 Å². The minimum absolute atomic E-state index is 0.749. The molecule has 6 heterocycles. The van der Waals surface area contributed by atoms with E-state index < -0.39 is 0 Å². The molecule has 2 aliphatic heterocycles. The zero-order valence-corrected chi connectivity index (χ0v) is 14.0. The highest BCUT2D eigenvalue weighted by Gasteiger charge is 2.17. The van der Waals surface area contributed by atoms with Gasteiger partial charge in [-0.1, -0.05) is 0 Å². The third-order valence-electron chi connectivity index (χ3n) is 4.50. The standard InChI is InChI=1S/C18H13N9/c1-2-19-15-9-14(23-26(15)4-1)13-8-16-22-18(12-27(16)21-10-13)25-7-6-24-5-3-20-17(24)11-25/h1-12,20H. The van der Waals surface area contributed by atoms with Crippen LogP contribution in [0.5, 0.6) is 0 Å². The summed E-state index contributed by atoms with van der Waals surface area (Å²) in [5.41, 5.74) is 3.25. The molecule has 0 amide bonds. The van der Waals surface area contributed by atoms with E-state index in [1.54, 1.807) is 21.4 Å². The second-order valence-electron chi connectivity index (χ2n) is 6.19. The SMILES string of the molecule is C1=CN2C=CN(c3cn4ncc(-c5cc6ncccn6n5)cc4n3)C=C2N1. The Morgan fingerprint density at radius 2 is 1.93 bits per heavy atom. The summed E-state index contributed by atoms with van der Waals surface area (Å²) in [4.78, 5) is 13.0. The third-order valence-corrected chi connectivity index (χ3v) is 4.50. The lowest BCUT2D eigenvalue weighted by Crippen LogP contribution is -2.23. The van der Waals surface area contributed by atoms with Crippen LogP contribution in [-0.4, -0.2) is 34.1 Å². The largest absolute Gasteiger partial charge is 0.345 e. The highest BCUT2D eigenvalue weighted by Crippen LogP contribution is 2.24. The first-order valence-corrected chi connectivity index (χ1v) is 8.40. The van der Waals surface area contributed by atoms with E-state index >= 15 is 0 Å². The number of anilines is 1. The molecule has 0 fully saturated rings. The minimum atomic E-state index is 0.749. The summed E-state index contributed by atoms with van der Waals surface area (Å²) in [5.74, 6) is 1.76. The maximum atomic E-state index is 4.70. The van der Waals surface area contributed by atoms with Crippen LogP contribution in [0.3, 0.4) is 0 Å². The second kappa shape index (κ2) is 5.18. The zero-order chi connectivity index (χ0) is 17.8. The number of rotatable bonds is 2. The Bertz CT molecular complexity index is 1240. The van der Waals surface area contributed by atoms with Gasteiger partial charge in [-0.25, -0.2) is 19.0 Å². The molecule has 0 aliphatic carbocycles. The maximum absolute atomic E-state index is 4.70. The molecular weight excluding hydrogens is 342 g/mol. The first kappa shape index (κ1) is 14.1. The van der Waals surface area contributed by atoms with E-state index in [1.165, 1.54) is 0 Å². The summed E-state index contributed by atoms with van der Waals surface area (Å²) >= 11 is 0. The first-order valence-electron chi connectivity index (χ1n) is 8.40. The van der Waals surface area contributed by atoms with E-state index in [0.717, 1.165) is 34.2 Å². The van der Waals surface area contributed by atoms with Crippen molar-refractivity contribution < 1.29 is 0 Å². The van der Waals surface area contributed by atoms with Gasteiger partial charge in [0.15, 0.2) is 17.1 Å². The number of hydrogen-bond donors (Lipinski definition) is 1. The normalized spacial score (nSPS) is 15.5. The summed E-state index contributed by atoms with van der Waals surface area (Å²) < 4.78 is 3.50. The Morgan fingerprint density at radius 3 is 2.89 bits per heavy atom. The summed E-state index contributed by atoms with van der Waals surface area (Å²) in [7, 11) is 0. The molecular formula is C18H13N9. The van der Waals surface area contributed by atoms with Gasteiger partial charge in [0.1, 0.15) is 5.82 Å². The van der Waals surface area contributed by atoms with Crippen molar-refractivity contribution in [3.05, 3.63) is 79.8 Å². The average molecular weight is 355 g/mol. The number of nitrogens with one attached hydrogen (secondary N) is 1. The van der Waals surface area contributed by atoms with Gasteiger partial charge in [0.2, 0.25) is 0 Å². The highest BCUT2D eigenvalue weighted by molar-refractivity contribution is 5.67. The van der Waals surface area contributed by atoms with Crippen LogP contribution in [0.25, 0.3) is 22.6 Å². The van der Waals surface area contributed by atoms with Crippen molar-refractivity contribution in [3.8, 4) is 11.3 Å². The van der Waals surface area contributed by atoms with Crippen LogP contribution >= 0.6 is 0 Å². The van der Waals surface area contributed by atoms with Crippen LogP contribution in [0.2, 0.25) is 0 Å². The van der Waals surface area contributed by atoms with Crippen LogP contribution in [0, 0.1) is 0 Å². The molecule has 9 heteroatoms. The molecule has 0 spiro atoms. The summed E-state index contributed by atoms with van der Waals surface area (Å²) in [6.45, 7) is 0. The molecule has 1 N–H and O–H groups in total. The van der Waals surface area contributed by atoms with Gasteiger partial charge in [0, 0.05) is 48.8 Å². The molecule has 0 atom stereocenters. The monoisotopic (exact) mass is 355 g/mol. The van der Waals surface area contributed by atoms with Gasteiger partial charge in [0.05, 0.1) is 24.3 Å². The molecule has 0 aromatic carbocycles. The first-order chi connectivity index (χ1) is 13.3. The molecule has 0 bridgehead atoms. The van der Waals surface area contributed by atoms with Crippen molar-refractivity contribution >= 4 is 17.1 Å². The Balaban J connectivity index is 1.39. The molecule has 130 valence electrons. The van der Waals surface area contributed by atoms with Gasteiger partial charge in [-0.05, 0) is 12.1 Å². The molecule has 0 radical (unpaired) electrons. The fourth-order valence-corrected chi connectivity index (χ4v) is 3.15. The van der Waals surface area contributed by atoms with Crippen LogP contribution in [0.15, 0.2) is 79.8 Å². The lowest BCUT2D eigenvalue weighted by atomic mass is 10.2. The van der Waals surface area contributed by atoms with Crippen molar-refractivity contribution in [2.45, 2.75) is 0 Å². The van der Waals surface area contributed by atoms with Crippen molar-refractivity contribution in [1.29, 1.82) is 0 Å². The minimum Gasteiger partial charge on any atom is -0.345 e. The lowest BCUT2D eigenvalue weighted by Gasteiger charge is -2.23. The smallest absolute Gasteiger partial charge is 0.157 e. The fraction of sp³-hybridized carbons (Fsp3) is 0. The Morgan fingerprint density at radius 1 is 0.963 bits per heavy atom. The van der Waals surface area contributed by atoms with E-state index in [2.05, 4.69) is 20.5 Å². The molecule has 27 heavy (non-hydrogen) atoms. The summed E-state index contributed by atoms with van der Waals surface area (Å²) in [5, 5.41) is 12.2. The second-order valence-corrected chi connectivity index (χ2v) is 6.19. The zero-order valence-electron chi connectivity index (χ0n) is 14.0. The van der Waals surface area contributed by atoms with Crippen LogP contribution in [0.4, 0.5) is 5.82 Å². The number of nitrogens with zero attached hydrogens (tertiary/aromatic N) is 8. The molecule has 6 rings (SSSR count). The Kier molecular flexibility index (Phi) is 2.70. The van der Waals surface area contributed by atoms with Gasteiger partial charge in [-0.2, -0.15) is 10.2 Å². The van der Waals surface area contributed by atoms with E-state index in [-0.39, 0.29) is 0 Å². The third kappa shape index (κ3) is 2.18. The van der Waals surface area contributed by atoms with Crippen LogP contribution < -0.4 is 10.2 Å². The predicted octanol–water partition coefficient (Wildman–Crippen LogP) is 1.91. The quantitative estimate of drug-likeness (QED) is 0.588. The van der Waals surface area contributed by atoms with Crippen molar-refractivity contribution in [2.75, 3.05) is 4.90 Å². The average Bonchev–Trinajstić information content (AvgIpc) is 3.42. The summed E-state index contributed by atoms with van der Waals surface area (Å²) in [6, 6.07) is 5.76. The van der Waals surface area contributed by atoms with E-state index in [4.69, 9.17) is 4.98 Å². The topological polar surface area (TPSA) is 78.9 Å². The highest BCUT2D eigenvalue weighted by atomic mass is 15.3. The van der Waals surface area contributed by atoms with Gasteiger partial charge in [-0.3, -0.25) is 0 Å². The van der Waals surface area contributed by atoms with E-state index in [9.17, 15) is 0 Å². The molecule has 4 aromatic rings. The predicted molar refractivity (Wildman–Crippen MR) is 98.8 cm³/mol. The van der Waals surface area contributed by atoms with Crippen LogP contribution in [-0.2, 0) is 0 Å². The number of hydrogen-bond acceptors (Lipinski definition) is 7. The molecule has 0 saturated carbocycles. The van der Waals surface area contributed by atoms with E-state index in [1.807, 2.05) is 71.4 Å². The molecule has 9 nitrogen and oxygen atoms in total. The van der Waals surface area contributed by atoms with Gasteiger partial charge < -0.3 is 15.1 Å². The Labute approximate surface area is 153 Å². The number of imidazole rings is 1. The molecule has 0 saturated heterocycles. The number of aromatic nitrogens is 6. The van der Waals surface area contributed by atoms with Crippen LogP contribution in [0.1, 0.15) is 0 Å². The fourth-order valence-electron chi connectivity index (χ4n) is 3.15. The number of fused-ring (bicyclic) bond motifs is 3. The maximum Gasteiger partial charge on any atom is 0.157 e. The molecule has 0 unspecified atom stereocenters. The molecule has 2 aliphatic rings.